The van der Waals surface area contributed by atoms with E-state index in [-0.39, 0.29) is 0 Å². The summed E-state index contributed by atoms with van der Waals surface area (Å²) in [5, 5.41) is 12.9. The average Bonchev–Trinajstić information content (AvgIpc) is 3.01. The second-order valence-corrected chi connectivity index (χ2v) is 6.40. The molecule has 1 saturated carbocycles. The van der Waals surface area contributed by atoms with Crippen LogP contribution in [0.1, 0.15) is 6.42 Å². The van der Waals surface area contributed by atoms with Crippen LogP contribution in [0.3, 0.4) is 0 Å². The molecular formula is C17H17N5O. The van der Waals surface area contributed by atoms with Gasteiger partial charge in [-0.25, -0.2) is 0 Å². The number of anilines is 1. The highest BCUT2D eigenvalue weighted by atomic mass is 16.5. The Bertz CT molecular complexity index is 862. The van der Waals surface area contributed by atoms with Crippen molar-refractivity contribution in [3.05, 3.63) is 36.7 Å². The van der Waals surface area contributed by atoms with Gasteiger partial charge in [-0.15, -0.1) is 10.2 Å². The van der Waals surface area contributed by atoms with Gasteiger partial charge in [0.05, 0.1) is 18.5 Å². The fourth-order valence-corrected chi connectivity index (χ4v) is 3.54. The number of ether oxygens (including phenoxy) is 1. The molecule has 6 heteroatoms. The van der Waals surface area contributed by atoms with E-state index in [4.69, 9.17) is 4.74 Å². The van der Waals surface area contributed by atoms with Crippen LogP contribution in [-0.2, 0) is 0 Å². The predicted molar refractivity (Wildman–Crippen MR) is 86.6 cm³/mol. The van der Waals surface area contributed by atoms with E-state index in [1.165, 1.54) is 6.42 Å². The van der Waals surface area contributed by atoms with E-state index in [0.717, 1.165) is 53.3 Å². The molecule has 2 fully saturated rings. The van der Waals surface area contributed by atoms with E-state index in [1.54, 1.807) is 18.0 Å². The molecule has 0 spiro atoms. The van der Waals surface area contributed by atoms with Gasteiger partial charge in [-0.3, -0.25) is 0 Å². The zero-order valence-electron chi connectivity index (χ0n) is 12.9. The van der Waals surface area contributed by atoms with Crippen LogP contribution in [-0.4, -0.2) is 40.0 Å². The van der Waals surface area contributed by atoms with Gasteiger partial charge in [0, 0.05) is 18.7 Å². The first-order valence-electron chi connectivity index (χ1n) is 7.92. The summed E-state index contributed by atoms with van der Waals surface area (Å²) in [6.45, 7) is 2.25. The van der Waals surface area contributed by atoms with Crippen molar-refractivity contribution in [2.24, 2.45) is 11.8 Å². The minimum atomic E-state index is 0.837. The van der Waals surface area contributed by atoms with Gasteiger partial charge in [-0.05, 0) is 48.6 Å². The third kappa shape index (κ3) is 2.05. The van der Waals surface area contributed by atoms with Gasteiger partial charge in [0.25, 0.3) is 0 Å². The second-order valence-electron chi connectivity index (χ2n) is 6.40. The molecule has 0 radical (unpaired) electrons. The molecule has 1 aliphatic carbocycles. The molecule has 3 aromatic rings. The van der Waals surface area contributed by atoms with Crippen molar-refractivity contribution < 1.29 is 4.74 Å². The van der Waals surface area contributed by atoms with Crippen molar-refractivity contribution in [3.8, 4) is 17.0 Å². The summed E-state index contributed by atoms with van der Waals surface area (Å²) in [5.41, 5.74) is 3.96. The molecule has 3 heterocycles. The van der Waals surface area contributed by atoms with Crippen molar-refractivity contribution in [2.45, 2.75) is 6.42 Å². The number of rotatable bonds is 3. The van der Waals surface area contributed by atoms with E-state index in [9.17, 15) is 0 Å². The average molecular weight is 307 g/mol. The smallest absolute Gasteiger partial charge is 0.200 e. The van der Waals surface area contributed by atoms with Crippen LogP contribution in [0.25, 0.3) is 16.9 Å². The van der Waals surface area contributed by atoms with E-state index in [1.807, 2.05) is 24.3 Å². The Kier molecular flexibility index (Phi) is 2.62. The highest BCUT2D eigenvalue weighted by Crippen LogP contribution is 2.47. The quantitative estimate of drug-likeness (QED) is 0.743. The highest BCUT2D eigenvalue weighted by molar-refractivity contribution is 5.75. The van der Waals surface area contributed by atoms with Gasteiger partial charge < -0.3 is 9.64 Å². The molecule has 1 aliphatic heterocycles. The van der Waals surface area contributed by atoms with Crippen molar-refractivity contribution in [1.29, 1.82) is 0 Å². The lowest BCUT2D eigenvalue weighted by atomic mass is 10.1. The first-order valence-corrected chi connectivity index (χ1v) is 7.92. The second kappa shape index (κ2) is 4.68. The largest absolute Gasteiger partial charge is 0.497 e. The minimum absolute atomic E-state index is 0.837. The fraction of sp³-hybridized carbons (Fsp3) is 0.353. The van der Waals surface area contributed by atoms with E-state index in [2.05, 4.69) is 26.3 Å². The Hall–Kier alpha value is -2.63. The Morgan fingerprint density at radius 2 is 1.91 bits per heavy atom. The Balaban J connectivity index is 1.60. The minimum Gasteiger partial charge on any atom is -0.497 e. The lowest BCUT2D eigenvalue weighted by Crippen LogP contribution is -2.23. The molecule has 116 valence electrons. The van der Waals surface area contributed by atoms with Crippen molar-refractivity contribution in [3.63, 3.8) is 0 Å². The maximum atomic E-state index is 5.23. The first kappa shape index (κ1) is 12.9. The Labute approximate surface area is 133 Å². The Morgan fingerprint density at radius 1 is 1.13 bits per heavy atom. The maximum Gasteiger partial charge on any atom is 0.200 e. The van der Waals surface area contributed by atoms with Gasteiger partial charge in [0.1, 0.15) is 12.1 Å². The molecule has 1 aromatic carbocycles. The molecular weight excluding hydrogens is 290 g/mol. The molecule has 5 rings (SSSR count). The standard InChI is InChI=1S/C17H17N5O/c1-23-14-4-2-11(3-5-14)15-7-16(17-19-18-10-22(17)20-15)21-8-12-6-13(12)9-21/h2-5,7,10,12-13H,6,8-9H2,1H3/t12-,13+. The molecule has 2 aromatic heterocycles. The van der Waals surface area contributed by atoms with Crippen molar-refractivity contribution >= 4 is 11.3 Å². The molecule has 0 N–H and O–H groups in total. The van der Waals surface area contributed by atoms with Crippen LogP contribution < -0.4 is 9.64 Å². The topological polar surface area (TPSA) is 55.5 Å². The van der Waals surface area contributed by atoms with Crippen LogP contribution >= 0.6 is 0 Å². The number of methoxy groups -OCH3 is 1. The van der Waals surface area contributed by atoms with Crippen molar-refractivity contribution in [2.75, 3.05) is 25.1 Å². The summed E-state index contributed by atoms with van der Waals surface area (Å²) < 4.78 is 7.01. The fourth-order valence-electron chi connectivity index (χ4n) is 3.54. The molecule has 1 saturated heterocycles. The van der Waals surface area contributed by atoms with E-state index in [0.29, 0.717) is 0 Å². The van der Waals surface area contributed by atoms with Crippen LogP contribution in [0.5, 0.6) is 5.75 Å². The van der Waals surface area contributed by atoms with Gasteiger partial charge in [0.2, 0.25) is 5.65 Å². The normalized spacial score (nSPS) is 22.4. The highest BCUT2D eigenvalue weighted by Gasteiger charge is 2.45. The number of piperidine rings is 1. The van der Waals surface area contributed by atoms with E-state index >= 15 is 0 Å². The monoisotopic (exact) mass is 307 g/mol. The van der Waals surface area contributed by atoms with Crippen LogP contribution in [0.2, 0.25) is 0 Å². The third-order valence-electron chi connectivity index (χ3n) is 4.95. The summed E-state index contributed by atoms with van der Waals surface area (Å²) in [7, 11) is 1.67. The van der Waals surface area contributed by atoms with Gasteiger partial charge in [-0.1, -0.05) is 0 Å². The van der Waals surface area contributed by atoms with Crippen LogP contribution in [0.4, 0.5) is 5.69 Å². The van der Waals surface area contributed by atoms with Crippen LogP contribution in [0.15, 0.2) is 36.7 Å². The molecule has 6 nitrogen and oxygen atoms in total. The van der Waals surface area contributed by atoms with Gasteiger partial charge >= 0.3 is 0 Å². The maximum absolute atomic E-state index is 5.23. The molecule has 2 atom stereocenters. The van der Waals surface area contributed by atoms with Crippen LogP contribution in [0, 0.1) is 11.8 Å². The summed E-state index contributed by atoms with van der Waals surface area (Å²) in [5.74, 6) is 2.59. The zero-order chi connectivity index (χ0) is 15.4. The first-order chi connectivity index (χ1) is 11.3. The summed E-state index contributed by atoms with van der Waals surface area (Å²) in [6.07, 6.45) is 3.05. The molecule has 2 aliphatic rings. The molecule has 23 heavy (non-hydrogen) atoms. The SMILES string of the molecule is COc1ccc(-c2cc(N3C[C@H]4C[C@H]4C3)c3nncn3n2)cc1. The lowest BCUT2D eigenvalue weighted by Gasteiger charge is -2.21. The Morgan fingerprint density at radius 3 is 2.65 bits per heavy atom. The van der Waals surface area contributed by atoms with E-state index < -0.39 is 0 Å². The molecule has 0 bridgehead atoms. The number of benzene rings is 1. The zero-order valence-corrected chi connectivity index (χ0v) is 12.9. The van der Waals surface area contributed by atoms with Gasteiger partial charge in [-0.2, -0.15) is 9.61 Å². The number of nitrogens with zero attached hydrogens (tertiary/aromatic N) is 5. The number of fused-ring (bicyclic) bond motifs is 2. The number of hydrogen-bond acceptors (Lipinski definition) is 5. The predicted octanol–water partition coefficient (Wildman–Crippen LogP) is 2.26. The summed E-state index contributed by atoms with van der Waals surface area (Å²) >= 11 is 0. The molecule has 0 amide bonds. The number of aromatic nitrogens is 4. The van der Waals surface area contributed by atoms with Crippen molar-refractivity contribution in [1.82, 2.24) is 19.8 Å². The lowest BCUT2D eigenvalue weighted by molar-refractivity contribution is 0.415. The third-order valence-corrected chi connectivity index (χ3v) is 4.95. The summed E-state index contributed by atoms with van der Waals surface area (Å²) in [4.78, 5) is 2.43. The van der Waals surface area contributed by atoms with Gasteiger partial charge in [0.15, 0.2) is 0 Å². The molecule has 0 unspecified atom stereocenters. The number of hydrogen-bond donors (Lipinski definition) is 0. The summed E-state index contributed by atoms with van der Waals surface area (Å²) in [6, 6.07) is 10.1.